The molecule has 0 aliphatic carbocycles. The fraction of sp³-hybridized carbons (Fsp3) is 0.562. The monoisotopic (exact) mass is 278 g/mol. The summed E-state index contributed by atoms with van der Waals surface area (Å²) in [6.07, 6.45) is 0.908. The summed E-state index contributed by atoms with van der Waals surface area (Å²) in [5, 5.41) is 15.5. The van der Waals surface area contributed by atoms with Crippen molar-refractivity contribution in [3.05, 3.63) is 29.8 Å². The van der Waals surface area contributed by atoms with Crippen LogP contribution in [0.2, 0.25) is 0 Å². The van der Waals surface area contributed by atoms with Gasteiger partial charge < -0.3 is 15.7 Å². The molecule has 0 saturated carbocycles. The summed E-state index contributed by atoms with van der Waals surface area (Å²) in [6.45, 7) is 8.85. The van der Waals surface area contributed by atoms with Gasteiger partial charge in [-0.3, -0.25) is 4.79 Å². The number of amides is 1. The third-order valence-electron chi connectivity index (χ3n) is 3.52. The van der Waals surface area contributed by atoms with Crippen molar-refractivity contribution in [2.45, 2.75) is 40.2 Å². The summed E-state index contributed by atoms with van der Waals surface area (Å²) in [5.41, 5.74) is 1.50. The molecular weight excluding hydrogens is 252 g/mol. The summed E-state index contributed by atoms with van der Waals surface area (Å²) in [7, 11) is 0. The van der Waals surface area contributed by atoms with Crippen molar-refractivity contribution in [1.82, 2.24) is 5.32 Å². The number of benzene rings is 1. The molecule has 1 rings (SSSR count). The fourth-order valence-electron chi connectivity index (χ4n) is 1.69. The number of aliphatic hydroxyl groups excluding tert-OH is 1. The van der Waals surface area contributed by atoms with Crippen LogP contribution >= 0.6 is 0 Å². The minimum atomic E-state index is -0.117. The minimum absolute atomic E-state index is 0.0553. The third-order valence-corrected chi connectivity index (χ3v) is 3.52. The van der Waals surface area contributed by atoms with Crippen LogP contribution in [0.5, 0.6) is 0 Å². The van der Waals surface area contributed by atoms with Crippen molar-refractivity contribution in [3.63, 3.8) is 0 Å². The van der Waals surface area contributed by atoms with Gasteiger partial charge >= 0.3 is 0 Å². The Bertz CT molecular complexity index is 423. The minimum Gasteiger partial charge on any atom is -0.396 e. The van der Waals surface area contributed by atoms with Crippen molar-refractivity contribution in [2.24, 2.45) is 5.41 Å². The predicted octanol–water partition coefficient (Wildman–Crippen LogP) is 2.65. The van der Waals surface area contributed by atoms with Gasteiger partial charge in [0.15, 0.2) is 0 Å². The van der Waals surface area contributed by atoms with E-state index in [4.69, 9.17) is 0 Å². The molecule has 0 aliphatic rings. The van der Waals surface area contributed by atoms with Gasteiger partial charge in [0, 0.05) is 29.3 Å². The Morgan fingerprint density at radius 1 is 1.30 bits per heavy atom. The van der Waals surface area contributed by atoms with E-state index >= 15 is 0 Å². The van der Waals surface area contributed by atoms with Gasteiger partial charge in [-0.05, 0) is 44.5 Å². The van der Waals surface area contributed by atoms with Gasteiger partial charge in [-0.2, -0.15) is 0 Å². The largest absolute Gasteiger partial charge is 0.396 e. The zero-order chi connectivity index (χ0) is 15.2. The quantitative estimate of drug-likeness (QED) is 0.718. The Hall–Kier alpha value is -1.55. The molecule has 3 N–H and O–H groups in total. The lowest BCUT2D eigenvalue weighted by Crippen LogP contribution is -2.30. The third kappa shape index (κ3) is 4.85. The SMILES string of the molecule is CCC(C)(CO)CNc1ccc(C(=O)NC(C)C)cc1. The van der Waals surface area contributed by atoms with E-state index in [9.17, 15) is 9.90 Å². The fourth-order valence-corrected chi connectivity index (χ4v) is 1.69. The van der Waals surface area contributed by atoms with Crippen LogP contribution in [0.15, 0.2) is 24.3 Å². The molecule has 0 bridgehead atoms. The van der Waals surface area contributed by atoms with E-state index in [0.717, 1.165) is 12.1 Å². The first-order chi connectivity index (χ1) is 9.40. The predicted molar refractivity (Wildman–Crippen MR) is 83.0 cm³/mol. The second kappa shape index (κ2) is 7.29. The highest BCUT2D eigenvalue weighted by Crippen LogP contribution is 2.21. The number of hydrogen-bond acceptors (Lipinski definition) is 3. The molecule has 0 saturated heterocycles. The van der Waals surface area contributed by atoms with Crippen LogP contribution in [-0.4, -0.2) is 30.2 Å². The highest BCUT2D eigenvalue weighted by Gasteiger charge is 2.20. The molecule has 0 heterocycles. The molecule has 0 aromatic heterocycles. The molecule has 1 unspecified atom stereocenters. The molecule has 1 aromatic rings. The zero-order valence-corrected chi connectivity index (χ0v) is 12.9. The van der Waals surface area contributed by atoms with E-state index in [0.29, 0.717) is 12.1 Å². The van der Waals surface area contributed by atoms with Crippen LogP contribution in [0, 0.1) is 5.41 Å². The maximum Gasteiger partial charge on any atom is 0.251 e. The van der Waals surface area contributed by atoms with Gasteiger partial charge in [-0.1, -0.05) is 13.8 Å². The number of nitrogens with one attached hydrogen (secondary N) is 2. The molecule has 1 atom stereocenters. The van der Waals surface area contributed by atoms with E-state index < -0.39 is 0 Å². The highest BCUT2D eigenvalue weighted by molar-refractivity contribution is 5.94. The maximum atomic E-state index is 11.8. The number of aliphatic hydroxyl groups is 1. The molecule has 0 fully saturated rings. The average molecular weight is 278 g/mol. The molecule has 20 heavy (non-hydrogen) atoms. The number of carbonyl (C=O) groups excluding carboxylic acids is 1. The van der Waals surface area contributed by atoms with E-state index in [2.05, 4.69) is 17.6 Å². The molecule has 112 valence electrons. The van der Waals surface area contributed by atoms with E-state index in [1.165, 1.54) is 0 Å². The standard InChI is InChI=1S/C16H26N2O2/c1-5-16(4,11-19)10-17-14-8-6-13(7-9-14)15(20)18-12(2)3/h6-9,12,17,19H,5,10-11H2,1-4H3,(H,18,20). The average Bonchev–Trinajstić information content (AvgIpc) is 2.44. The first-order valence-electron chi connectivity index (χ1n) is 7.16. The van der Waals surface area contributed by atoms with Crippen LogP contribution in [0.3, 0.4) is 0 Å². The second-order valence-corrected chi connectivity index (χ2v) is 5.88. The Morgan fingerprint density at radius 3 is 2.35 bits per heavy atom. The van der Waals surface area contributed by atoms with Gasteiger partial charge in [-0.25, -0.2) is 0 Å². The zero-order valence-electron chi connectivity index (χ0n) is 12.9. The van der Waals surface area contributed by atoms with Crippen molar-refractivity contribution in [3.8, 4) is 0 Å². The number of anilines is 1. The van der Waals surface area contributed by atoms with Crippen LogP contribution in [0.1, 0.15) is 44.5 Å². The Balaban J connectivity index is 2.61. The molecule has 1 aromatic carbocycles. The lowest BCUT2D eigenvalue weighted by Gasteiger charge is -2.26. The summed E-state index contributed by atoms with van der Waals surface area (Å²) < 4.78 is 0. The van der Waals surface area contributed by atoms with Crippen LogP contribution in [0.4, 0.5) is 5.69 Å². The van der Waals surface area contributed by atoms with Crippen molar-refractivity contribution in [2.75, 3.05) is 18.5 Å². The normalized spacial score (nSPS) is 13.9. The lowest BCUT2D eigenvalue weighted by atomic mass is 9.88. The molecular formula is C16H26N2O2. The first kappa shape index (κ1) is 16.5. The summed E-state index contributed by atoms with van der Waals surface area (Å²) in [6, 6.07) is 7.53. The van der Waals surface area contributed by atoms with E-state index in [-0.39, 0.29) is 24.0 Å². The van der Waals surface area contributed by atoms with Crippen LogP contribution < -0.4 is 10.6 Å². The highest BCUT2D eigenvalue weighted by atomic mass is 16.3. The van der Waals surface area contributed by atoms with E-state index in [1.54, 1.807) is 0 Å². The van der Waals surface area contributed by atoms with Gasteiger partial charge in [0.05, 0.1) is 6.61 Å². The van der Waals surface area contributed by atoms with Gasteiger partial charge in [0.2, 0.25) is 0 Å². The summed E-state index contributed by atoms with van der Waals surface area (Å²) in [5.74, 6) is -0.0553. The Kier molecular flexibility index (Phi) is 6.02. The van der Waals surface area contributed by atoms with Crippen LogP contribution in [-0.2, 0) is 0 Å². The molecule has 0 aliphatic heterocycles. The Morgan fingerprint density at radius 2 is 1.90 bits per heavy atom. The van der Waals surface area contributed by atoms with Crippen molar-refractivity contribution in [1.29, 1.82) is 0 Å². The lowest BCUT2D eigenvalue weighted by molar-refractivity contribution is 0.0943. The van der Waals surface area contributed by atoms with Gasteiger partial charge in [0.25, 0.3) is 5.91 Å². The molecule has 0 spiro atoms. The number of carbonyl (C=O) groups is 1. The first-order valence-corrected chi connectivity index (χ1v) is 7.16. The number of hydrogen-bond donors (Lipinski definition) is 3. The van der Waals surface area contributed by atoms with Gasteiger partial charge in [0.1, 0.15) is 0 Å². The maximum absolute atomic E-state index is 11.8. The number of rotatable bonds is 7. The van der Waals surface area contributed by atoms with Crippen molar-refractivity contribution >= 4 is 11.6 Å². The summed E-state index contributed by atoms with van der Waals surface area (Å²) >= 11 is 0. The van der Waals surface area contributed by atoms with Crippen LogP contribution in [0.25, 0.3) is 0 Å². The van der Waals surface area contributed by atoms with Crippen molar-refractivity contribution < 1.29 is 9.90 Å². The second-order valence-electron chi connectivity index (χ2n) is 5.88. The molecule has 0 radical (unpaired) electrons. The molecule has 4 heteroatoms. The summed E-state index contributed by atoms with van der Waals surface area (Å²) in [4.78, 5) is 11.8. The molecule has 1 amide bonds. The molecule has 4 nitrogen and oxygen atoms in total. The topological polar surface area (TPSA) is 61.4 Å². The smallest absolute Gasteiger partial charge is 0.251 e. The van der Waals surface area contributed by atoms with Gasteiger partial charge in [-0.15, -0.1) is 0 Å². The van der Waals surface area contributed by atoms with E-state index in [1.807, 2.05) is 45.0 Å². The Labute approximate surface area is 121 Å².